The van der Waals surface area contributed by atoms with E-state index in [-0.39, 0.29) is 16.7 Å². The average molecular weight is 909 g/mol. The number of esters is 6. The van der Waals surface area contributed by atoms with Gasteiger partial charge in [0.25, 0.3) is 3.79 Å². The summed E-state index contributed by atoms with van der Waals surface area (Å²) in [6.45, 7) is 4.02. The Kier molecular flexibility index (Phi) is 16.1. The fourth-order valence-electron chi connectivity index (χ4n) is 6.28. The number of halogens is 3. The quantitative estimate of drug-likeness (QED) is 0.0756. The number of rotatable bonds is 13. The smallest absolute Gasteiger partial charge is 0.338 e. The van der Waals surface area contributed by atoms with E-state index in [1.54, 1.807) is 54.6 Å². The molecule has 0 saturated carbocycles. The van der Waals surface area contributed by atoms with Gasteiger partial charge in [-0.1, -0.05) is 89.4 Å². The lowest BCUT2D eigenvalue weighted by Gasteiger charge is -2.46. The molecule has 0 amide bonds. The highest BCUT2D eigenvalue weighted by molar-refractivity contribution is 6.76. The summed E-state index contributed by atoms with van der Waals surface area (Å²) in [5, 5.41) is 8.41. The molecule has 2 heterocycles. The van der Waals surface area contributed by atoms with Crippen molar-refractivity contribution in [2.24, 2.45) is 0 Å². The number of alkyl halides is 3. The molecule has 1 N–H and O–H groups in total. The molecule has 0 aromatic heterocycles. The van der Waals surface area contributed by atoms with Gasteiger partial charge in [-0.3, -0.25) is 19.8 Å². The van der Waals surface area contributed by atoms with Crippen LogP contribution < -0.4 is 0 Å². The third-order valence-corrected chi connectivity index (χ3v) is 9.41. The second-order valence-electron chi connectivity index (χ2n) is 13.5. The minimum Gasteiger partial charge on any atom is -0.456 e. The Morgan fingerprint density at radius 2 is 0.902 bits per heavy atom. The summed E-state index contributed by atoms with van der Waals surface area (Å²) in [6, 6.07) is 22.9. The minimum absolute atomic E-state index is 0.0298. The molecule has 5 rings (SSSR count). The molecule has 326 valence electrons. The van der Waals surface area contributed by atoms with Crippen molar-refractivity contribution in [2.45, 2.75) is 92.9 Å². The number of carbonyl (C=O) groups excluding carboxylic acids is 6. The van der Waals surface area contributed by atoms with Crippen LogP contribution in [0.2, 0.25) is 0 Å². The van der Waals surface area contributed by atoms with Crippen molar-refractivity contribution in [3.05, 3.63) is 108 Å². The number of hydrogen-bond donors (Lipinski definition) is 1. The second kappa shape index (κ2) is 21.0. The number of nitrogens with one attached hydrogen (secondary N) is 1. The van der Waals surface area contributed by atoms with Crippen molar-refractivity contribution in [1.82, 2.24) is 0 Å². The van der Waals surface area contributed by atoms with Crippen LogP contribution in [0.4, 0.5) is 0 Å². The topological polar surface area (TPSA) is 219 Å². The summed E-state index contributed by atoms with van der Waals surface area (Å²) in [5.74, 6) is -6.40. The predicted molar refractivity (Wildman–Crippen MR) is 212 cm³/mol. The Labute approximate surface area is 364 Å². The molecule has 3 aromatic carbocycles. The van der Waals surface area contributed by atoms with Crippen molar-refractivity contribution in [3.8, 4) is 0 Å². The van der Waals surface area contributed by atoms with Gasteiger partial charge in [0.15, 0.2) is 36.8 Å². The van der Waals surface area contributed by atoms with E-state index in [4.69, 9.17) is 87.6 Å². The molecule has 20 heteroatoms. The highest BCUT2D eigenvalue weighted by Gasteiger charge is 2.56. The Morgan fingerprint density at radius 3 is 1.34 bits per heavy atom. The first-order valence-corrected chi connectivity index (χ1v) is 19.6. The van der Waals surface area contributed by atoms with E-state index in [0.29, 0.717) is 0 Å². The average Bonchev–Trinajstić information content (AvgIpc) is 3.21. The van der Waals surface area contributed by atoms with Crippen molar-refractivity contribution in [2.75, 3.05) is 6.61 Å². The van der Waals surface area contributed by atoms with E-state index < -0.39 is 114 Å². The number of hydrogen-bond acceptors (Lipinski definition) is 17. The predicted octanol–water partition coefficient (Wildman–Crippen LogP) is 5.31. The molecule has 0 aliphatic carbocycles. The zero-order valence-electron chi connectivity index (χ0n) is 32.8. The Hall–Kier alpha value is -5.30. The third-order valence-electron chi connectivity index (χ3n) is 8.90. The minimum atomic E-state index is -2.50. The molecule has 17 nitrogen and oxygen atoms in total. The molecule has 2 saturated heterocycles. The van der Waals surface area contributed by atoms with Gasteiger partial charge in [0.2, 0.25) is 18.3 Å². The lowest BCUT2D eigenvalue weighted by atomic mass is 9.97. The Morgan fingerprint density at radius 1 is 0.525 bits per heavy atom. The van der Waals surface area contributed by atoms with Crippen LogP contribution in [-0.4, -0.2) is 114 Å². The number of benzene rings is 3. The number of ether oxygens (including phenoxy) is 10. The van der Waals surface area contributed by atoms with E-state index in [1.165, 1.54) is 43.3 Å². The molecule has 10 atom stereocenters. The molecule has 0 unspecified atom stereocenters. The maximum Gasteiger partial charge on any atom is 0.338 e. The van der Waals surface area contributed by atoms with Gasteiger partial charge in [-0.2, -0.15) is 0 Å². The van der Waals surface area contributed by atoms with Crippen molar-refractivity contribution >= 4 is 76.5 Å². The van der Waals surface area contributed by atoms with Gasteiger partial charge in [0.1, 0.15) is 6.10 Å². The molecule has 0 spiro atoms. The highest BCUT2D eigenvalue weighted by Crippen LogP contribution is 2.36. The molecular formula is C41H40Cl3NO16. The van der Waals surface area contributed by atoms with Gasteiger partial charge in [-0.15, -0.1) is 0 Å². The largest absolute Gasteiger partial charge is 0.456 e. The van der Waals surface area contributed by atoms with E-state index in [0.717, 1.165) is 20.8 Å². The van der Waals surface area contributed by atoms with E-state index >= 15 is 0 Å². The fraction of sp³-hybridized carbons (Fsp3) is 0.390. The summed E-state index contributed by atoms with van der Waals surface area (Å²) in [6.07, 6.45) is -16.0. The summed E-state index contributed by atoms with van der Waals surface area (Å²) in [5.41, 5.74) is 0.107. The summed E-state index contributed by atoms with van der Waals surface area (Å²) < 4.78 is 55.8. The molecule has 2 aliphatic heterocycles. The van der Waals surface area contributed by atoms with Gasteiger partial charge in [-0.25, -0.2) is 14.4 Å². The molecule has 0 radical (unpaired) electrons. The van der Waals surface area contributed by atoms with Crippen LogP contribution in [0.3, 0.4) is 0 Å². The molecule has 2 fully saturated rings. The first-order chi connectivity index (χ1) is 28.9. The highest BCUT2D eigenvalue weighted by atomic mass is 35.6. The van der Waals surface area contributed by atoms with Crippen LogP contribution in [0.25, 0.3) is 0 Å². The fourth-order valence-corrected chi connectivity index (χ4v) is 6.42. The maximum atomic E-state index is 13.9. The zero-order chi connectivity index (χ0) is 44.4. The first-order valence-electron chi connectivity index (χ1n) is 18.5. The molecule has 3 aromatic rings. The molecule has 2 aliphatic rings. The van der Waals surface area contributed by atoms with E-state index in [1.807, 2.05) is 0 Å². The van der Waals surface area contributed by atoms with Crippen LogP contribution in [-0.2, 0) is 61.8 Å². The summed E-state index contributed by atoms with van der Waals surface area (Å²) in [7, 11) is 0. The monoisotopic (exact) mass is 907 g/mol. The Bertz CT molecular complexity index is 2040. The summed E-state index contributed by atoms with van der Waals surface area (Å²) in [4.78, 5) is 78.2. The first kappa shape index (κ1) is 46.8. The van der Waals surface area contributed by atoms with Crippen LogP contribution >= 0.6 is 34.8 Å². The van der Waals surface area contributed by atoms with Gasteiger partial charge >= 0.3 is 35.8 Å². The van der Waals surface area contributed by atoms with Gasteiger partial charge in [0.05, 0.1) is 29.4 Å². The van der Waals surface area contributed by atoms with Crippen LogP contribution in [0, 0.1) is 5.41 Å². The second-order valence-corrected chi connectivity index (χ2v) is 15.7. The van der Waals surface area contributed by atoms with Gasteiger partial charge < -0.3 is 47.4 Å². The van der Waals surface area contributed by atoms with Crippen LogP contribution in [0.1, 0.15) is 58.8 Å². The molecular weight excluding hydrogens is 869 g/mol. The lowest BCUT2D eigenvalue weighted by molar-refractivity contribution is -0.321. The maximum absolute atomic E-state index is 13.9. The molecule has 61 heavy (non-hydrogen) atoms. The van der Waals surface area contributed by atoms with E-state index in [9.17, 15) is 28.8 Å². The van der Waals surface area contributed by atoms with Crippen LogP contribution in [0.15, 0.2) is 91.0 Å². The number of carbonyl (C=O) groups is 6. The van der Waals surface area contributed by atoms with E-state index in [2.05, 4.69) is 0 Å². The zero-order valence-corrected chi connectivity index (χ0v) is 35.1. The van der Waals surface area contributed by atoms with Crippen molar-refractivity contribution in [3.63, 3.8) is 0 Å². The Balaban J connectivity index is 1.61. The van der Waals surface area contributed by atoms with Crippen molar-refractivity contribution in [1.29, 1.82) is 5.41 Å². The standard InChI is InChI=1S/C41H40Cl3NO16/c1-21-29(54-22(2)46)31(55-23(3)47)33(56-24(4)48)38(53-21)52-20-28-30(58-35(49)25-14-8-5-9-15-25)32(59-36(50)26-16-10-6-11-17-26)34(39(57-28)61-40(45)41(42,43)44)60-37(51)27-18-12-7-13-19-27/h5-19,21,28-34,38-39,45H,20H2,1-4H3/t21-,28+,29-,30-,31+,32-,33+,34+,38+,39+/m0/s1. The third kappa shape index (κ3) is 12.6. The van der Waals surface area contributed by atoms with Gasteiger partial charge in [-0.05, 0) is 43.3 Å². The normalized spacial score (nSPS) is 26.1. The molecule has 0 bridgehead atoms. The van der Waals surface area contributed by atoms with Gasteiger partial charge in [0, 0.05) is 20.8 Å². The summed E-state index contributed by atoms with van der Waals surface area (Å²) >= 11 is 18.0. The lowest BCUT2D eigenvalue weighted by Crippen LogP contribution is -2.64. The SMILES string of the molecule is CC(=O)O[C@@H]1[C@@H](OC(C)=O)[C@H](C)O[C@@H](OC[C@H]2O[C@H](OC(=N)C(Cl)(Cl)Cl)[C@H](OC(=O)c3ccccc3)[C@@H](OC(=O)c3ccccc3)[C@H]2OC(=O)c2ccccc2)[C@@H]1OC(C)=O. The van der Waals surface area contributed by atoms with Crippen molar-refractivity contribution < 1.29 is 76.1 Å². The van der Waals surface area contributed by atoms with Crippen LogP contribution in [0.5, 0.6) is 0 Å².